The number of aromatic nitrogens is 1. The van der Waals surface area contributed by atoms with E-state index in [1.807, 2.05) is 13.8 Å². The molecule has 1 heterocycles. The fourth-order valence-corrected chi connectivity index (χ4v) is 2.00. The quantitative estimate of drug-likeness (QED) is 0.907. The molecule has 0 saturated heterocycles. The van der Waals surface area contributed by atoms with Crippen LogP contribution in [-0.4, -0.2) is 11.8 Å². The maximum absolute atomic E-state index is 12.4. The third-order valence-corrected chi connectivity index (χ3v) is 2.79. The zero-order valence-corrected chi connectivity index (χ0v) is 11.3. The van der Waals surface area contributed by atoms with Gasteiger partial charge in [-0.25, -0.2) is 0 Å². The fraction of sp³-hybridized carbons (Fsp3) is 0.357. The Bertz CT molecular complexity index is 582. The van der Waals surface area contributed by atoms with Crippen molar-refractivity contribution in [3.8, 4) is 17.0 Å². The van der Waals surface area contributed by atoms with Crippen LogP contribution in [0.2, 0.25) is 0 Å². The lowest BCUT2D eigenvalue weighted by Crippen LogP contribution is -2.04. The molecule has 0 amide bonds. The van der Waals surface area contributed by atoms with Crippen molar-refractivity contribution < 1.29 is 18.0 Å². The number of halogens is 2. The number of benzene rings is 1. The molecule has 1 aromatic carbocycles. The molecule has 0 aliphatic carbocycles. The molecule has 0 bridgehead atoms. The van der Waals surface area contributed by atoms with Crippen LogP contribution in [0.3, 0.4) is 0 Å². The Morgan fingerprint density at radius 3 is 2.65 bits per heavy atom. The molecule has 0 atom stereocenters. The van der Waals surface area contributed by atoms with Crippen molar-refractivity contribution in [3.05, 3.63) is 29.8 Å². The molecule has 2 rings (SSSR count). The summed E-state index contributed by atoms with van der Waals surface area (Å²) in [6, 6.07) is 6.45. The first-order chi connectivity index (χ1) is 9.49. The van der Waals surface area contributed by atoms with Crippen LogP contribution in [0.25, 0.3) is 11.3 Å². The summed E-state index contributed by atoms with van der Waals surface area (Å²) in [5, 5.41) is 3.88. The number of hydrogen-bond acceptors (Lipinski definition) is 4. The molecule has 6 heteroatoms. The molecule has 0 unspecified atom stereocenters. The monoisotopic (exact) mass is 282 g/mol. The van der Waals surface area contributed by atoms with E-state index >= 15 is 0 Å². The number of hydrogen-bond donors (Lipinski definition) is 1. The van der Waals surface area contributed by atoms with Gasteiger partial charge >= 0.3 is 6.61 Å². The van der Waals surface area contributed by atoms with Crippen molar-refractivity contribution in [1.29, 1.82) is 0 Å². The second kappa shape index (κ2) is 5.90. The second-order valence-corrected chi connectivity index (χ2v) is 4.85. The summed E-state index contributed by atoms with van der Waals surface area (Å²) in [5.74, 6) is 0.597. The molecule has 0 aliphatic rings. The van der Waals surface area contributed by atoms with Gasteiger partial charge < -0.3 is 15.0 Å². The second-order valence-electron chi connectivity index (χ2n) is 4.85. The first kappa shape index (κ1) is 14.3. The van der Waals surface area contributed by atoms with E-state index in [0.29, 0.717) is 29.2 Å². The summed E-state index contributed by atoms with van der Waals surface area (Å²) in [6.45, 7) is 1.16. The number of rotatable bonds is 5. The SMILES string of the molecule is CC(C)Cc1c(-c2ccccc2OC(F)F)noc1N. The molecule has 0 spiro atoms. The average Bonchev–Trinajstić information content (AvgIpc) is 2.71. The molecule has 20 heavy (non-hydrogen) atoms. The average molecular weight is 282 g/mol. The van der Waals surface area contributed by atoms with E-state index in [2.05, 4.69) is 9.89 Å². The van der Waals surface area contributed by atoms with Crippen molar-refractivity contribution in [2.45, 2.75) is 26.9 Å². The first-order valence-corrected chi connectivity index (χ1v) is 6.27. The van der Waals surface area contributed by atoms with E-state index in [4.69, 9.17) is 10.3 Å². The van der Waals surface area contributed by atoms with Crippen LogP contribution in [-0.2, 0) is 6.42 Å². The fourth-order valence-electron chi connectivity index (χ4n) is 2.00. The standard InChI is InChI=1S/C14H16F2N2O2/c1-8(2)7-10-12(18-20-13(10)17)9-5-3-4-6-11(9)19-14(15)16/h3-6,8,14H,7,17H2,1-2H3. The summed E-state index contributed by atoms with van der Waals surface area (Å²) in [6.07, 6.45) is 0.647. The van der Waals surface area contributed by atoms with Gasteiger partial charge in [-0.15, -0.1) is 0 Å². The summed E-state index contributed by atoms with van der Waals surface area (Å²) in [4.78, 5) is 0. The third-order valence-electron chi connectivity index (χ3n) is 2.79. The number of nitrogen functional groups attached to an aromatic ring is 1. The van der Waals surface area contributed by atoms with E-state index in [-0.39, 0.29) is 11.6 Å². The van der Waals surface area contributed by atoms with E-state index in [9.17, 15) is 8.78 Å². The molecule has 108 valence electrons. The van der Waals surface area contributed by atoms with Gasteiger partial charge in [-0.05, 0) is 24.5 Å². The molecule has 0 saturated carbocycles. The van der Waals surface area contributed by atoms with Gasteiger partial charge in [0.1, 0.15) is 11.4 Å². The largest absolute Gasteiger partial charge is 0.434 e. The topological polar surface area (TPSA) is 61.3 Å². The minimum Gasteiger partial charge on any atom is -0.434 e. The Morgan fingerprint density at radius 1 is 1.30 bits per heavy atom. The van der Waals surface area contributed by atoms with Gasteiger partial charge in [0.15, 0.2) is 0 Å². The van der Waals surface area contributed by atoms with Crippen LogP contribution in [0, 0.1) is 5.92 Å². The van der Waals surface area contributed by atoms with Crippen molar-refractivity contribution in [3.63, 3.8) is 0 Å². The Kier molecular flexibility index (Phi) is 4.22. The number of ether oxygens (including phenoxy) is 1. The van der Waals surface area contributed by atoms with E-state index < -0.39 is 6.61 Å². The summed E-state index contributed by atoms with van der Waals surface area (Å²) in [7, 11) is 0. The van der Waals surface area contributed by atoms with Crippen LogP contribution < -0.4 is 10.5 Å². The van der Waals surface area contributed by atoms with Crippen LogP contribution in [0.15, 0.2) is 28.8 Å². The summed E-state index contributed by atoms with van der Waals surface area (Å²) in [5.41, 5.74) is 7.37. The van der Waals surface area contributed by atoms with Crippen molar-refractivity contribution in [2.75, 3.05) is 5.73 Å². The number of anilines is 1. The molecule has 0 radical (unpaired) electrons. The zero-order valence-electron chi connectivity index (χ0n) is 11.3. The van der Waals surface area contributed by atoms with Gasteiger partial charge in [-0.1, -0.05) is 31.1 Å². The van der Waals surface area contributed by atoms with Gasteiger partial charge in [-0.3, -0.25) is 0 Å². The van der Waals surface area contributed by atoms with Crippen LogP contribution in [0.1, 0.15) is 19.4 Å². The lowest BCUT2D eigenvalue weighted by atomic mass is 9.99. The predicted molar refractivity (Wildman–Crippen MR) is 71.5 cm³/mol. The Hall–Kier alpha value is -2.11. The number of alkyl halides is 2. The minimum atomic E-state index is -2.89. The maximum Gasteiger partial charge on any atom is 0.387 e. The molecule has 2 N–H and O–H groups in total. The van der Waals surface area contributed by atoms with Gasteiger partial charge in [0, 0.05) is 11.1 Å². The summed E-state index contributed by atoms with van der Waals surface area (Å²) < 4.78 is 34.4. The molecule has 0 aliphatic heterocycles. The highest BCUT2D eigenvalue weighted by Crippen LogP contribution is 2.35. The maximum atomic E-state index is 12.4. The number of nitrogens with zero attached hydrogens (tertiary/aromatic N) is 1. The van der Waals surface area contributed by atoms with Crippen molar-refractivity contribution >= 4 is 5.88 Å². The van der Waals surface area contributed by atoms with E-state index in [0.717, 1.165) is 0 Å². The Labute approximate surface area is 115 Å². The van der Waals surface area contributed by atoms with Gasteiger partial charge in [0.2, 0.25) is 5.88 Å². The highest BCUT2D eigenvalue weighted by molar-refractivity contribution is 5.72. The van der Waals surface area contributed by atoms with Crippen LogP contribution in [0.5, 0.6) is 5.75 Å². The lowest BCUT2D eigenvalue weighted by molar-refractivity contribution is -0.0494. The van der Waals surface area contributed by atoms with Crippen LogP contribution >= 0.6 is 0 Å². The molecular weight excluding hydrogens is 266 g/mol. The predicted octanol–water partition coefficient (Wildman–Crippen LogP) is 3.72. The smallest absolute Gasteiger partial charge is 0.387 e. The lowest BCUT2D eigenvalue weighted by Gasteiger charge is -2.10. The molecule has 1 aromatic heterocycles. The van der Waals surface area contributed by atoms with Gasteiger partial charge in [-0.2, -0.15) is 8.78 Å². The highest BCUT2D eigenvalue weighted by atomic mass is 19.3. The number of nitrogens with two attached hydrogens (primary N) is 1. The Balaban J connectivity index is 2.46. The first-order valence-electron chi connectivity index (χ1n) is 6.27. The normalized spacial score (nSPS) is 11.3. The number of para-hydroxylation sites is 1. The highest BCUT2D eigenvalue weighted by Gasteiger charge is 2.20. The van der Waals surface area contributed by atoms with Crippen molar-refractivity contribution in [2.24, 2.45) is 5.92 Å². The Morgan fingerprint density at radius 2 is 2.00 bits per heavy atom. The molecule has 0 fully saturated rings. The van der Waals surface area contributed by atoms with E-state index in [1.165, 1.54) is 6.07 Å². The molecule has 4 nitrogen and oxygen atoms in total. The zero-order chi connectivity index (χ0) is 14.7. The van der Waals surface area contributed by atoms with Gasteiger partial charge in [0.25, 0.3) is 0 Å². The van der Waals surface area contributed by atoms with E-state index in [1.54, 1.807) is 18.2 Å². The molecular formula is C14H16F2N2O2. The minimum absolute atomic E-state index is 0.0563. The van der Waals surface area contributed by atoms with Crippen LogP contribution in [0.4, 0.5) is 14.7 Å². The van der Waals surface area contributed by atoms with Gasteiger partial charge in [0.05, 0.1) is 0 Å². The van der Waals surface area contributed by atoms with Crippen molar-refractivity contribution in [1.82, 2.24) is 5.16 Å². The molecule has 2 aromatic rings. The third kappa shape index (κ3) is 3.07. The summed E-state index contributed by atoms with van der Waals surface area (Å²) >= 11 is 0.